The van der Waals surface area contributed by atoms with Gasteiger partial charge in [0.2, 0.25) is 0 Å². The van der Waals surface area contributed by atoms with Crippen LogP contribution >= 0.6 is 43.2 Å². The number of aliphatic hydroxyl groups is 1. The third-order valence-corrected chi connectivity index (χ3v) is 4.88. The Morgan fingerprint density at radius 2 is 2.21 bits per heavy atom. The fourth-order valence-electron chi connectivity index (χ4n) is 1.64. The molecule has 1 fully saturated rings. The number of aliphatic hydroxyl groups excluding tert-OH is 1. The van der Waals surface area contributed by atoms with Gasteiger partial charge in [-0.25, -0.2) is 0 Å². The first-order valence-corrected chi connectivity index (χ1v) is 6.86. The van der Waals surface area contributed by atoms with Gasteiger partial charge in [0, 0.05) is 32.2 Å². The molecule has 0 atom stereocenters. The number of rotatable bonds is 3. The maximum absolute atomic E-state index is 8.89. The molecule has 1 aromatic rings. The quantitative estimate of drug-likeness (QED) is 0.914. The molecule has 0 unspecified atom stereocenters. The molecule has 2 rings (SSSR count). The van der Waals surface area contributed by atoms with Gasteiger partial charge in [0.05, 0.1) is 7.57 Å². The molecule has 0 spiro atoms. The Bertz CT molecular complexity index is 323. The van der Waals surface area contributed by atoms with E-state index in [1.54, 1.807) is 11.3 Å². The molecule has 1 aromatic heterocycles. The molecular formula is C9H11Br2NOS. The van der Waals surface area contributed by atoms with Crippen LogP contribution in [0.5, 0.6) is 0 Å². The number of likely N-dealkylation sites (tertiary alicyclic amines) is 1. The Balaban J connectivity index is 1.90. The Kier molecular flexibility index (Phi) is 3.65. The Hall–Kier alpha value is 0.580. The summed E-state index contributed by atoms with van der Waals surface area (Å²) in [5.41, 5.74) is 1.33. The van der Waals surface area contributed by atoms with Gasteiger partial charge in [-0.1, -0.05) is 0 Å². The van der Waals surface area contributed by atoms with Gasteiger partial charge in [0.25, 0.3) is 0 Å². The van der Waals surface area contributed by atoms with Gasteiger partial charge in [-0.3, -0.25) is 4.90 Å². The van der Waals surface area contributed by atoms with Crippen LogP contribution < -0.4 is 0 Å². The highest BCUT2D eigenvalue weighted by molar-refractivity contribution is 9.12. The van der Waals surface area contributed by atoms with Crippen LogP contribution in [0.2, 0.25) is 0 Å². The lowest BCUT2D eigenvalue weighted by Gasteiger charge is -2.38. The van der Waals surface area contributed by atoms with Crippen molar-refractivity contribution in [1.82, 2.24) is 4.90 Å². The topological polar surface area (TPSA) is 23.5 Å². The van der Waals surface area contributed by atoms with Crippen molar-refractivity contribution < 1.29 is 5.11 Å². The number of nitrogens with zero attached hydrogens (tertiary/aromatic N) is 1. The number of hydrogen-bond donors (Lipinski definition) is 1. The van der Waals surface area contributed by atoms with Crippen molar-refractivity contribution in [2.24, 2.45) is 5.92 Å². The van der Waals surface area contributed by atoms with E-state index in [-0.39, 0.29) is 0 Å². The van der Waals surface area contributed by atoms with Crippen molar-refractivity contribution in [1.29, 1.82) is 0 Å². The van der Waals surface area contributed by atoms with Crippen LogP contribution in [0.3, 0.4) is 0 Å². The Morgan fingerprint density at radius 1 is 1.50 bits per heavy atom. The first kappa shape index (κ1) is 11.1. The minimum absolute atomic E-state index is 0.324. The van der Waals surface area contributed by atoms with Gasteiger partial charge >= 0.3 is 0 Å². The van der Waals surface area contributed by atoms with E-state index in [9.17, 15) is 0 Å². The molecule has 0 bridgehead atoms. The average Bonchev–Trinajstić information content (AvgIpc) is 2.37. The lowest BCUT2D eigenvalue weighted by molar-refractivity contribution is 0.0479. The first-order valence-electron chi connectivity index (χ1n) is 4.46. The zero-order chi connectivity index (χ0) is 10.1. The maximum Gasteiger partial charge on any atom is 0.0755 e. The van der Waals surface area contributed by atoms with Crippen molar-refractivity contribution in [2.45, 2.75) is 6.54 Å². The van der Waals surface area contributed by atoms with Crippen molar-refractivity contribution in [3.63, 3.8) is 0 Å². The molecule has 0 radical (unpaired) electrons. The molecule has 1 aliphatic heterocycles. The van der Waals surface area contributed by atoms with Crippen molar-refractivity contribution in [3.05, 3.63) is 19.2 Å². The fraction of sp³-hybridized carbons (Fsp3) is 0.556. The number of halogens is 2. The highest BCUT2D eigenvalue weighted by atomic mass is 79.9. The van der Waals surface area contributed by atoms with E-state index in [1.807, 2.05) is 0 Å². The van der Waals surface area contributed by atoms with Crippen LogP contribution in [0.25, 0.3) is 0 Å². The van der Waals surface area contributed by atoms with Gasteiger partial charge < -0.3 is 5.11 Å². The zero-order valence-corrected chi connectivity index (χ0v) is 11.5. The molecular weight excluding hydrogens is 330 g/mol. The first-order chi connectivity index (χ1) is 6.69. The Morgan fingerprint density at radius 3 is 2.71 bits per heavy atom. The van der Waals surface area contributed by atoms with Crippen LogP contribution in [0, 0.1) is 5.92 Å². The van der Waals surface area contributed by atoms with E-state index >= 15 is 0 Å². The molecule has 1 N–H and O–H groups in total. The minimum atomic E-state index is 0.324. The Labute approximate surface area is 104 Å². The summed E-state index contributed by atoms with van der Waals surface area (Å²) in [4.78, 5) is 2.35. The van der Waals surface area contributed by atoms with E-state index in [2.05, 4.69) is 42.8 Å². The van der Waals surface area contributed by atoms with Gasteiger partial charge in [-0.2, -0.15) is 0 Å². The average molecular weight is 341 g/mol. The summed E-state index contributed by atoms with van der Waals surface area (Å²) in [6.07, 6.45) is 0. The molecule has 14 heavy (non-hydrogen) atoms. The van der Waals surface area contributed by atoms with E-state index in [0.29, 0.717) is 12.5 Å². The van der Waals surface area contributed by atoms with E-state index in [0.717, 1.165) is 19.6 Å². The largest absolute Gasteiger partial charge is 0.396 e. The van der Waals surface area contributed by atoms with Gasteiger partial charge in [0.15, 0.2) is 0 Å². The summed E-state index contributed by atoms with van der Waals surface area (Å²) in [6.45, 7) is 3.36. The molecule has 0 saturated carbocycles. The second kappa shape index (κ2) is 4.61. The van der Waals surface area contributed by atoms with Gasteiger partial charge in [-0.05, 0) is 43.5 Å². The second-order valence-corrected chi connectivity index (χ2v) is 7.34. The van der Waals surface area contributed by atoms with Crippen LogP contribution in [-0.4, -0.2) is 29.7 Å². The standard InChI is InChI=1S/C9H11Br2NOS/c10-8-1-7(9(11)14-8)4-12-2-6(3-12)5-13/h1,6,13H,2-5H2. The molecule has 2 nitrogen and oxygen atoms in total. The van der Waals surface area contributed by atoms with Crippen molar-refractivity contribution >= 4 is 43.2 Å². The summed E-state index contributed by atoms with van der Waals surface area (Å²) in [6, 6.07) is 2.15. The van der Waals surface area contributed by atoms with Crippen LogP contribution in [0.1, 0.15) is 5.56 Å². The van der Waals surface area contributed by atoms with Crippen molar-refractivity contribution in [2.75, 3.05) is 19.7 Å². The fourth-order valence-corrected chi connectivity index (χ4v) is 4.45. The molecule has 2 heterocycles. The highest BCUT2D eigenvalue weighted by Crippen LogP contribution is 2.33. The molecule has 0 amide bonds. The third-order valence-electron chi connectivity index (χ3n) is 2.41. The molecule has 0 aliphatic carbocycles. The molecule has 78 valence electrons. The second-order valence-electron chi connectivity index (χ2n) is 3.59. The number of thiophene rings is 1. The summed E-state index contributed by atoms with van der Waals surface area (Å²) in [7, 11) is 0. The highest BCUT2D eigenvalue weighted by Gasteiger charge is 2.26. The van der Waals surface area contributed by atoms with Crippen LogP contribution in [0.15, 0.2) is 13.6 Å². The SMILES string of the molecule is OCC1CN(Cc2cc(Br)sc2Br)C1. The zero-order valence-electron chi connectivity index (χ0n) is 7.54. The minimum Gasteiger partial charge on any atom is -0.396 e. The van der Waals surface area contributed by atoms with Crippen LogP contribution in [0.4, 0.5) is 0 Å². The predicted octanol–water partition coefficient (Wildman–Crippen LogP) is 2.70. The van der Waals surface area contributed by atoms with Crippen molar-refractivity contribution in [3.8, 4) is 0 Å². The molecule has 1 saturated heterocycles. The van der Waals surface area contributed by atoms with Gasteiger partial charge in [-0.15, -0.1) is 11.3 Å². The maximum atomic E-state index is 8.89. The molecule has 1 aliphatic rings. The third kappa shape index (κ3) is 2.39. The van der Waals surface area contributed by atoms with E-state index in [4.69, 9.17) is 5.11 Å². The summed E-state index contributed by atoms with van der Waals surface area (Å²) < 4.78 is 2.37. The summed E-state index contributed by atoms with van der Waals surface area (Å²) in [5, 5.41) is 8.89. The molecule has 0 aromatic carbocycles. The van der Waals surface area contributed by atoms with Crippen LogP contribution in [-0.2, 0) is 6.54 Å². The summed E-state index contributed by atoms with van der Waals surface area (Å²) in [5.74, 6) is 0.496. The van der Waals surface area contributed by atoms with Gasteiger partial charge in [0.1, 0.15) is 0 Å². The summed E-state index contributed by atoms with van der Waals surface area (Å²) >= 11 is 8.72. The lowest BCUT2D eigenvalue weighted by atomic mass is 10.0. The lowest BCUT2D eigenvalue weighted by Crippen LogP contribution is -2.47. The predicted molar refractivity (Wildman–Crippen MR) is 65.6 cm³/mol. The normalized spacial score (nSPS) is 18.5. The monoisotopic (exact) mass is 339 g/mol. The van der Waals surface area contributed by atoms with E-state index < -0.39 is 0 Å². The molecule has 5 heteroatoms. The smallest absolute Gasteiger partial charge is 0.0755 e. The van der Waals surface area contributed by atoms with E-state index in [1.165, 1.54) is 13.1 Å². The number of hydrogen-bond acceptors (Lipinski definition) is 3.